The third-order valence-corrected chi connectivity index (χ3v) is 2.56. The molecule has 0 fully saturated rings. The first-order chi connectivity index (χ1) is 6.76. The molecule has 0 aliphatic carbocycles. The van der Waals surface area contributed by atoms with E-state index in [1.807, 2.05) is 17.9 Å². The molecule has 0 bridgehead atoms. The third-order valence-electron chi connectivity index (χ3n) is 2.56. The molecule has 1 heterocycles. The number of nitrogens with zero attached hydrogens (tertiary/aromatic N) is 2. The average Bonchev–Trinajstić information content (AvgIpc) is 2.62. The van der Waals surface area contributed by atoms with Crippen LogP contribution < -0.4 is 5.32 Å². The minimum Gasteiger partial charge on any atom is -0.318 e. The van der Waals surface area contributed by atoms with Gasteiger partial charge in [0.05, 0.1) is 12.7 Å². The van der Waals surface area contributed by atoms with Crippen molar-refractivity contribution in [3.8, 4) is 0 Å². The van der Waals surface area contributed by atoms with Crippen LogP contribution in [-0.2, 0) is 13.0 Å². The molecule has 3 heteroatoms. The fourth-order valence-corrected chi connectivity index (χ4v) is 1.41. The molecule has 0 aromatic carbocycles. The van der Waals surface area contributed by atoms with Crippen LogP contribution >= 0.6 is 0 Å². The van der Waals surface area contributed by atoms with Crippen LogP contribution in [0.5, 0.6) is 0 Å². The van der Waals surface area contributed by atoms with Crippen LogP contribution in [0.3, 0.4) is 0 Å². The number of hydrogen-bond acceptors (Lipinski definition) is 2. The molecule has 1 N–H and O–H groups in total. The van der Waals surface area contributed by atoms with Crippen LogP contribution in [0.4, 0.5) is 0 Å². The van der Waals surface area contributed by atoms with Gasteiger partial charge in [-0.3, -0.25) is 4.68 Å². The van der Waals surface area contributed by atoms with Gasteiger partial charge in [-0.05, 0) is 24.9 Å². The van der Waals surface area contributed by atoms with Gasteiger partial charge in [0.15, 0.2) is 0 Å². The molecule has 1 aromatic heterocycles. The monoisotopic (exact) mass is 195 g/mol. The average molecular weight is 195 g/mol. The number of likely N-dealkylation sites (N-methyl/N-ethyl adjacent to an activating group) is 1. The summed E-state index contributed by atoms with van der Waals surface area (Å²) in [6, 6.07) is 0. The third kappa shape index (κ3) is 3.50. The van der Waals surface area contributed by atoms with Crippen molar-refractivity contribution >= 4 is 0 Å². The van der Waals surface area contributed by atoms with Crippen molar-refractivity contribution in [1.29, 1.82) is 0 Å². The second-order valence-corrected chi connectivity index (χ2v) is 3.93. The molecule has 0 saturated carbocycles. The second-order valence-electron chi connectivity index (χ2n) is 3.93. The smallest absolute Gasteiger partial charge is 0.0533 e. The molecule has 1 atom stereocenters. The lowest BCUT2D eigenvalue weighted by Crippen LogP contribution is -2.15. The summed E-state index contributed by atoms with van der Waals surface area (Å²) in [4.78, 5) is 0. The maximum absolute atomic E-state index is 4.32. The molecule has 0 spiro atoms. The Morgan fingerprint density at radius 1 is 1.57 bits per heavy atom. The Hall–Kier alpha value is -0.830. The molecule has 1 rings (SSSR count). The van der Waals surface area contributed by atoms with E-state index in [4.69, 9.17) is 0 Å². The van der Waals surface area contributed by atoms with Crippen LogP contribution in [0.25, 0.3) is 0 Å². The van der Waals surface area contributed by atoms with Gasteiger partial charge in [0.2, 0.25) is 0 Å². The second kappa shape index (κ2) is 5.81. The molecule has 0 saturated heterocycles. The highest BCUT2D eigenvalue weighted by Gasteiger charge is 2.03. The number of nitrogens with one attached hydrogen (secondary N) is 1. The first kappa shape index (κ1) is 11.2. The van der Waals surface area contributed by atoms with E-state index in [-0.39, 0.29) is 0 Å². The van der Waals surface area contributed by atoms with E-state index in [0.717, 1.165) is 25.4 Å². The first-order valence-electron chi connectivity index (χ1n) is 5.42. The Kier molecular flexibility index (Phi) is 4.66. The molecule has 0 amide bonds. The van der Waals surface area contributed by atoms with Gasteiger partial charge in [-0.15, -0.1) is 0 Å². The van der Waals surface area contributed by atoms with E-state index in [1.54, 1.807) is 0 Å². The lowest BCUT2D eigenvalue weighted by Gasteiger charge is -2.04. The molecular formula is C11H21N3. The highest BCUT2D eigenvalue weighted by Crippen LogP contribution is 2.10. The summed E-state index contributed by atoms with van der Waals surface area (Å²) in [7, 11) is 1.96. The van der Waals surface area contributed by atoms with E-state index in [9.17, 15) is 0 Å². The van der Waals surface area contributed by atoms with Crippen LogP contribution in [0.15, 0.2) is 12.4 Å². The van der Waals surface area contributed by atoms with Gasteiger partial charge >= 0.3 is 0 Å². The van der Waals surface area contributed by atoms with Gasteiger partial charge in [0, 0.05) is 12.7 Å². The predicted molar refractivity (Wildman–Crippen MR) is 59.3 cm³/mol. The fourth-order valence-electron chi connectivity index (χ4n) is 1.41. The van der Waals surface area contributed by atoms with Gasteiger partial charge in [0.25, 0.3) is 0 Å². The predicted octanol–water partition coefficient (Wildman–Crippen LogP) is 1.69. The van der Waals surface area contributed by atoms with E-state index in [1.165, 1.54) is 12.0 Å². The summed E-state index contributed by atoms with van der Waals surface area (Å²) in [5.74, 6) is 0.761. The first-order valence-corrected chi connectivity index (χ1v) is 5.42. The molecular weight excluding hydrogens is 174 g/mol. The van der Waals surface area contributed by atoms with E-state index >= 15 is 0 Å². The summed E-state index contributed by atoms with van der Waals surface area (Å²) in [5, 5.41) is 7.43. The van der Waals surface area contributed by atoms with Crippen molar-refractivity contribution in [2.24, 2.45) is 5.92 Å². The normalized spacial score (nSPS) is 13.1. The largest absolute Gasteiger partial charge is 0.318 e. The van der Waals surface area contributed by atoms with Crippen molar-refractivity contribution in [3.63, 3.8) is 0 Å². The molecule has 1 unspecified atom stereocenters. The van der Waals surface area contributed by atoms with Gasteiger partial charge in [-0.25, -0.2) is 0 Å². The van der Waals surface area contributed by atoms with Crippen molar-refractivity contribution in [2.45, 2.75) is 33.2 Å². The zero-order valence-corrected chi connectivity index (χ0v) is 9.45. The van der Waals surface area contributed by atoms with E-state index in [0.29, 0.717) is 0 Å². The van der Waals surface area contributed by atoms with Crippen LogP contribution in [0.2, 0.25) is 0 Å². The summed E-state index contributed by atoms with van der Waals surface area (Å²) in [6.07, 6.45) is 6.53. The molecule has 14 heavy (non-hydrogen) atoms. The van der Waals surface area contributed by atoms with Gasteiger partial charge in [-0.2, -0.15) is 5.10 Å². The molecule has 80 valence electrons. The van der Waals surface area contributed by atoms with E-state index in [2.05, 4.69) is 30.5 Å². The standard InChI is InChI=1S/C11H21N3/c1-4-10(2)7-11-8-13-14(9-11)6-5-12-3/h8-10,12H,4-7H2,1-3H3. The summed E-state index contributed by atoms with van der Waals surface area (Å²) >= 11 is 0. The zero-order chi connectivity index (χ0) is 10.4. The molecule has 0 radical (unpaired) electrons. The number of aromatic nitrogens is 2. The summed E-state index contributed by atoms with van der Waals surface area (Å²) in [6.45, 7) is 6.45. The van der Waals surface area contributed by atoms with Gasteiger partial charge in [-0.1, -0.05) is 20.3 Å². The zero-order valence-electron chi connectivity index (χ0n) is 9.45. The lowest BCUT2D eigenvalue weighted by atomic mass is 10.0. The van der Waals surface area contributed by atoms with Crippen LogP contribution in [-0.4, -0.2) is 23.4 Å². The molecule has 0 aliphatic heterocycles. The SMILES string of the molecule is CCC(C)Cc1cnn(CCNC)c1. The quantitative estimate of drug-likeness (QED) is 0.748. The Balaban J connectivity index is 2.42. The van der Waals surface area contributed by atoms with E-state index < -0.39 is 0 Å². The highest BCUT2D eigenvalue weighted by molar-refractivity contribution is 5.04. The van der Waals surface area contributed by atoms with Gasteiger partial charge in [0.1, 0.15) is 0 Å². The molecule has 1 aromatic rings. The maximum Gasteiger partial charge on any atom is 0.0533 e. The minimum atomic E-state index is 0.761. The van der Waals surface area contributed by atoms with Crippen molar-refractivity contribution in [2.75, 3.05) is 13.6 Å². The lowest BCUT2D eigenvalue weighted by molar-refractivity contribution is 0.557. The van der Waals surface area contributed by atoms with Crippen molar-refractivity contribution in [1.82, 2.24) is 15.1 Å². The number of rotatable bonds is 6. The van der Waals surface area contributed by atoms with Crippen LogP contribution in [0.1, 0.15) is 25.8 Å². The Bertz CT molecular complexity index is 255. The minimum absolute atomic E-state index is 0.761. The molecule has 3 nitrogen and oxygen atoms in total. The fraction of sp³-hybridized carbons (Fsp3) is 0.727. The van der Waals surface area contributed by atoms with Crippen molar-refractivity contribution in [3.05, 3.63) is 18.0 Å². The molecule has 0 aliphatic rings. The highest BCUT2D eigenvalue weighted by atomic mass is 15.3. The Morgan fingerprint density at radius 3 is 3.00 bits per heavy atom. The Morgan fingerprint density at radius 2 is 2.36 bits per heavy atom. The number of hydrogen-bond donors (Lipinski definition) is 1. The topological polar surface area (TPSA) is 29.9 Å². The van der Waals surface area contributed by atoms with Crippen LogP contribution in [0, 0.1) is 5.92 Å². The maximum atomic E-state index is 4.32. The Labute approximate surface area is 86.5 Å². The summed E-state index contributed by atoms with van der Waals surface area (Å²) < 4.78 is 2.01. The van der Waals surface area contributed by atoms with Crippen molar-refractivity contribution < 1.29 is 0 Å². The van der Waals surface area contributed by atoms with Gasteiger partial charge < -0.3 is 5.32 Å². The summed E-state index contributed by atoms with van der Waals surface area (Å²) in [5.41, 5.74) is 1.36.